The van der Waals surface area contributed by atoms with Gasteiger partial charge in [0.2, 0.25) is 0 Å². The highest BCUT2D eigenvalue weighted by Gasteiger charge is 2.13. The molecule has 0 saturated carbocycles. The first-order valence-corrected chi connectivity index (χ1v) is 7.18. The molecule has 0 saturated heterocycles. The van der Waals surface area contributed by atoms with Gasteiger partial charge < -0.3 is 0 Å². The molecule has 0 spiro atoms. The van der Waals surface area contributed by atoms with Gasteiger partial charge in [-0.25, -0.2) is 4.57 Å². The first kappa shape index (κ1) is 14.2. The van der Waals surface area contributed by atoms with Crippen LogP contribution in [-0.4, -0.2) is 0 Å². The second-order valence-electron chi connectivity index (χ2n) is 5.15. The molecule has 1 aromatic rings. The first-order valence-electron chi connectivity index (χ1n) is 7.18. The maximum Gasteiger partial charge on any atom is 0.184 e. The number of hydrogen-bond donors (Lipinski definition) is 0. The Labute approximate surface area is 107 Å². The van der Waals surface area contributed by atoms with Crippen LogP contribution in [-0.2, 0) is 13.0 Å². The van der Waals surface area contributed by atoms with Crippen LogP contribution in [0.1, 0.15) is 62.8 Å². The van der Waals surface area contributed by atoms with Gasteiger partial charge in [0.15, 0.2) is 11.9 Å². The minimum atomic E-state index is 1.18. The third-order valence-electron chi connectivity index (χ3n) is 3.38. The minimum Gasteiger partial charge on any atom is -0.202 e. The van der Waals surface area contributed by atoms with Gasteiger partial charge in [-0.15, -0.1) is 0 Å². The Kier molecular flexibility index (Phi) is 6.25. The van der Waals surface area contributed by atoms with E-state index in [9.17, 15) is 0 Å². The van der Waals surface area contributed by atoms with Crippen LogP contribution in [0, 0.1) is 13.8 Å². The highest BCUT2D eigenvalue weighted by atomic mass is 15.0. The molecule has 1 heterocycles. The van der Waals surface area contributed by atoms with Gasteiger partial charge in [-0.3, -0.25) is 0 Å². The van der Waals surface area contributed by atoms with Crippen molar-refractivity contribution in [2.24, 2.45) is 0 Å². The zero-order chi connectivity index (χ0) is 12.7. The van der Waals surface area contributed by atoms with Crippen molar-refractivity contribution in [3.8, 4) is 0 Å². The Morgan fingerprint density at radius 3 is 2.35 bits per heavy atom. The van der Waals surface area contributed by atoms with E-state index in [4.69, 9.17) is 0 Å². The lowest BCUT2D eigenvalue weighted by Gasteiger charge is -2.08. The van der Waals surface area contributed by atoms with Crippen LogP contribution < -0.4 is 4.57 Å². The Morgan fingerprint density at radius 2 is 1.71 bits per heavy atom. The molecule has 0 unspecified atom stereocenters. The van der Waals surface area contributed by atoms with E-state index in [1.54, 1.807) is 5.69 Å². The Balaban J connectivity index is 2.82. The Hall–Kier alpha value is -0.850. The molecule has 0 aliphatic heterocycles. The molecule has 0 radical (unpaired) electrons. The second kappa shape index (κ2) is 7.47. The lowest BCUT2D eigenvalue weighted by atomic mass is 10.1. The Morgan fingerprint density at radius 1 is 1.00 bits per heavy atom. The van der Waals surface area contributed by atoms with Crippen LogP contribution in [0.25, 0.3) is 0 Å². The molecule has 0 bridgehead atoms. The summed E-state index contributed by atoms with van der Waals surface area (Å²) in [7, 11) is 0. The summed E-state index contributed by atoms with van der Waals surface area (Å²) in [5, 5.41) is 0. The third kappa shape index (κ3) is 4.49. The lowest BCUT2D eigenvalue weighted by molar-refractivity contribution is -0.705. The van der Waals surface area contributed by atoms with E-state index in [1.165, 1.54) is 56.2 Å². The molecule has 1 aromatic heterocycles. The maximum atomic E-state index is 2.49. The normalized spacial score (nSPS) is 10.8. The Bertz CT molecular complexity index is 342. The number of hydrogen-bond acceptors (Lipinski definition) is 0. The first-order chi connectivity index (χ1) is 8.19. The summed E-state index contributed by atoms with van der Waals surface area (Å²) in [6.45, 7) is 10.2. The van der Waals surface area contributed by atoms with Gasteiger partial charge in [0.1, 0.15) is 6.54 Å². The van der Waals surface area contributed by atoms with E-state index in [1.807, 2.05) is 0 Å². The van der Waals surface area contributed by atoms with Gasteiger partial charge >= 0.3 is 0 Å². The number of pyridine rings is 1. The summed E-state index contributed by atoms with van der Waals surface area (Å²) in [5.41, 5.74) is 4.41. The molecule has 17 heavy (non-hydrogen) atoms. The quantitative estimate of drug-likeness (QED) is 0.493. The zero-order valence-electron chi connectivity index (χ0n) is 12.1. The molecule has 0 aliphatic rings. The van der Waals surface area contributed by atoms with E-state index in [2.05, 4.69) is 44.5 Å². The molecule has 0 aromatic carbocycles. The highest BCUT2D eigenvalue weighted by molar-refractivity contribution is 5.19. The van der Waals surface area contributed by atoms with Crippen LogP contribution in [0.3, 0.4) is 0 Å². The molecule has 1 nitrogen and oxygen atoms in total. The van der Waals surface area contributed by atoms with Crippen LogP contribution in [0.2, 0.25) is 0 Å². The van der Waals surface area contributed by atoms with Gasteiger partial charge in [-0.2, -0.15) is 0 Å². The third-order valence-corrected chi connectivity index (χ3v) is 3.38. The average Bonchev–Trinajstić information content (AvgIpc) is 2.29. The largest absolute Gasteiger partial charge is 0.202 e. The fourth-order valence-corrected chi connectivity index (χ4v) is 2.42. The number of nitrogens with zero attached hydrogens (tertiary/aromatic N) is 1. The second-order valence-corrected chi connectivity index (χ2v) is 5.15. The molecule has 1 rings (SSSR count). The SMILES string of the molecule is CCCCCc1c(C)cc(C)c[n+]1CCCC. The number of aromatic nitrogens is 1. The summed E-state index contributed by atoms with van der Waals surface area (Å²) >= 11 is 0. The van der Waals surface area contributed by atoms with E-state index < -0.39 is 0 Å². The number of unbranched alkanes of at least 4 members (excludes halogenated alkanes) is 3. The van der Waals surface area contributed by atoms with E-state index in [-0.39, 0.29) is 0 Å². The lowest BCUT2D eigenvalue weighted by Crippen LogP contribution is -2.39. The summed E-state index contributed by atoms with van der Waals surface area (Å²) < 4.78 is 2.49. The fraction of sp³-hybridized carbons (Fsp3) is 0.688. The number of rotatable bonds is 7. The molecule has 1 heteroatoms. The van der Waals surface area contributed by atoms with Crippen molar-refractivity contribution in [1.29, 1.82) is 0 Å². The topological polar surface area (TPSA) is 3.88 Å². The average molecular weight is 234 g/mol. The smallest absolute Gasteiger partial charge is 0.184 e. The van der Waals surface area contributed by atoms with Crippen LogP contribution in [0.5, 0.6) is 0 Å². The fourth-order valence-electron chi connectivity index (χ4n) is 2.42. The van der Waals surface area contributed by atoms with Crippen molar-refractivity contribution < 1.29 is 4.57 Å². The molecule has 0 amide bonds. The predicted octanol–water partition coefficient (Wildman–Crippen LogP) is 4.12. The van der Waals surface area contributed by atoms with Gasteiger partial charge in [-0.1, -0.05) is 33.1 Å². The van der Waals surface area contributed by atoms with Gasteiger partial charge in [-0.05, 0) is 26.3 Å². The molecule has 0 N–H and O–H groups in total. The van der Waals surface area contributed by atoms with E-state index in [0.29, 0.717) is 0 Å². The van der Waals surface area contributed by atoms with Crippen LogP contribution in [0.4, 0.5) is 0 Å². The molecule has 0 fully saturated rings. The molecule has 96 valence electrons. The van der Waals surface area contributed by atoms with Crippen molar-refractivity contribution >= 4 is 0 Å². The van der Waals surface area contributed by atoms with Gasteiger partial charge in [0, 0.05) is 24.0 Å². The molecular weight excluding hydrogens is 206 g/mol. The van der Waals surface area contributed by atoms with Gasteiger partial charge in [0.25, 0.3) is 0 Å². The molecular formula is C16H28N+. The summed E-state index contributed by atoms with van der Waals surface area (Å²) in [6, 6.07) is 2.32. The predicted molar refractivity (Wildman–Crippen MR) is 74.2 cm³/mol. The van der Waals surface area contributed by atoms with Crippen molar-refractivity contribution in [1.82, 2.24) is 0 Å². The summed E-state index contributed by atoms with van der Waals surface area (Å²) in [4.78, 5) is 0. The molecule has 0 aliphatic carbocycles. The van der Waals surface area contributed by atoms with Crippen LogP contribution in [0.15, 0.2) is 12.3 Å². The van der Waals surface area contributed by atoms with Gasteiger partial charge in [0.05, 0.1) is 0 Å². The van der Waals surface area contributed by atoms with E-state index >= 15 is 0 Å². The van der Waals surface area contributed by atoms with Crippen molar-refractivity contribution in [2.75, 3.05) is 0 Å². The summed E-state index contributed by atoms with van der Waals surface area (Å²) in [5.74, 6) is 0. The van der Waals surface area contributed by atoms with Crippen molar-refractivity contribution in [3.05, 3.63) is 29.1 Å². The van der Waals surface area contributed by atoms with Crippen molar-refractivity contribution in [2.45, 2.75) is 72.8 Å². The van der Waals surface area contributed by atoms with E-state index in [0.717, 1.165) is 0 Å². The van der Waals surface area contributed by atoms with Crippen LogP contribution >= 0.6 is 0 Å². The zero-order valence-corrected chi connectivity index (χ0v) is 12.1. The van der Waals surface area contributed by atoms with Crippen molar-refractivity contribution in [3.63, 3.8) is 0 Å². The monoisotopic (exact) mass is 234 g/mol. The minimum absolute atomic E-state index is 1.18. The standard InChI is InChI=1S/C16H28N/c1-5-7-9-10-16-15(4)12-14(3)13-17(16)11-8-6-2/h12-13H,5-11H2,1-4H3/q+1. The maximum absolute atomic E-state index is 2.49. The molecule has 0 atom stereocenters. The highest BCUT2D eigenvalue weighted by Crippen LogP contribution is 2.10. The summed E-state index contributed by atoms with van der Waals surface area (Å²) in [6.07, 6.45) is 10.1. The number of aryl methyl sites for hydroxylation is 3.